The number of allylic oxidation sites excluding steroid dienone is 4. The van der Waals surface area contributed by atoms with Gasteiger partial charge in [-0.3, -0.25) is 0 Å². The Balaban J connectivity index is 1.51. The summed E-state index contributed by atoms with van der Waals surface area (Å²) in [5.74, 6) is 0. The van der Waals surface area contributed by atoms with E-state index in [1.807, 2.05) is 35.7 Å². The molecule has 2 heterocycles. The van der Waals surface area contributed by atoms with E-state index in [0.717, 1.165) is 16.7 Å². The van der Waals surface area contributed by atoms with Crippen LogP contribution in [0, 0.1) is 0 Å². The highest BCUT2D eigenvalue weighted by Gasteiger charge is 2.40. The SMILES string of the molecule is C=C/C(=C(\C=C)c1cc(-c2ccccc2-c2ccccc2)c2c3c1Sc1ccccc1B3c1ccccc1S2)c1ccccc1. The average Bonchev–Trinajstić information content (AvgIpc) is 3.11. The predicted octanol–water partition coefficient (Wildman–Crippen LogP) is 9.75. The third-order valence-electron chi connectivity index (χ3n) is 8.82. The summed E-state index contributed by atoms with van der Waals surface area (Å²) < 4.78 is 0. The van der Waals surface area contributed by atoms with Gasteiger partial charge in [-0.2, -0.15) is 0 Å². The lowest BCUT2D eigenvalue weighted by atomic mass is 9.36. The van der Waals surface area contributed by atoms with Crippen molar-refractivity contribution in [3.63, 3.8) is 0 Å². The van der Waals surface area contributed by atoms with Crippen molar-refractivity contribution in [2.75, 3.05) is 0 Å². The van der Waals surface area contributed by atoms with Crippen molar-refractivity contribution >= 4 is 57.8 Å². The Labute approximate surface area is 274 Å². The van der Waals surface area contributed by atoms with Gasteiger partial charge in [-0.1, -0.05) is 181 Å². The summed E-state index contributed by atoms with van der Waals surface area (Å²) in [5.41, 5.74) is 13.6. The summed E-state index contributed by atoms with van der Waals surface area (Å²) in [7, 11) is 0. The van der Waals surface area contributed by atoms with E-state index < -0.39 is 0 Å². The van der Waals surface area contributed by atoms with Crippen LogP contribution in [0.4, 0.5) is 0 Å². The third-order valence-corrected chi connectivity index (χ3v) is 11.3. The van der Waals surface area contributed by atoms with Crippen molar-refractivity contribution in [1.29, 1.82) is 0 Å². The van der Waals surface area contributed by atoms with Crippen molar-refractivity contribution in [3.8, 4) is 22.3 Å². The molecule has 0 aromatic heterocycles. The van der Waals surface area contributed by atoms with Crippen LogP contribution in [0.3, 0.4) is 0 Å². The smallest absolute Gasteiger partial charge is 0.0984 e. The standard InChI is InChI=1S/C42H29BS2/c1-3-30(28-17-7-5-8-18-28)31(4-2)34-27-35(33-22-12-11-21-32(33)29-19-9-6-10-20-29)42-40-41(34)44-38-25-15-13-23-36(38)43(40)37-24-14-16-26-39(37)45-42/h3-27H,1-2H2/b31-30-. The molecular formula is C42H29BS2. The molecule has 0 atom stereocenters. The van der Waals surface area contributed by atoms with E-state index in [-0.39, 0.29) is 6.71 Å². The first kappa shape index (κ1) is 27.8. The molecule has 0 amide bonds. The van der Waals surface area contributed by atoms with Crippen molar-refractivity contribution in [2.45, 2.75) is 19.6 Å². The quantitative estimate of drug-likeness (QED) is 0.105. The zero-order valence-electron chi connectivity index (χ0n) is 24.7. The van der Waals surface area contributed by atoms with E-state index in [1.165, 1.54) is 63.8 Å². The molecule has 3 heteroatoms. The fraction of sp³-hybridized carbons (Fsp3) is 0. The minimum absolute atomic E-state index is 0.141. The highest BCUT2D eigenvalue weighted by Crippen LogP contribution is 2.48. The Bertz CT molecular complexity index is 2130. The number of rotatable bonds is 6. The van der Waals surface area contributed by atoms with Gasteiger partial charge in [-0.15, -0.1) is 0 Å². The van der Waals surface area contributed by atoms with Crippen molar-refractivity contribution in [1.82, 2.24) is 0 Å². The first-order valence-electron chi connectivity index (χ1n) is 15.2. The molecule has 0 bridgehead atoms. The molecule has 2 aliphatic rings. The van der Waals surface area contributed by atoms with Crippen LogP contribution in [0.2, 0.25) is 0 Å². The van der Waals surface area contributed by atoms with E-state index in [0.29, 0.717) is 0 Å². The lowest BCUT2D eigenvalue weighted by Gasteiger charge is -2.36. The van der Waals surface area contributed by atoms with Gasteiger partial charge in [0.2, 0.25) is 6.71 Å². The van der Waals surface area contributed by atoms with E-state index in [4.69, 9.17) is 0 Å². The van der Waals surface area contributed by atoms with E-state index in [1.54, 1.807) is 0 Å². The molecule has 0 spiro atoms. The number of fused-ring (bicyclic) bond motifs is 4. The fourth-order valence-corrected chi connectivity index (χ4v) is 9.45. The summed E-state index contributed by atoms with van der Waals surface area (Å²) in [5, 5.41) is 0. The summed E-state index contributed by atoms with van der Waals surface area (Å²) in [6, 6.07) is 50.5. The van der Waals surface area contributed by atoms with Crippen LogP contribution in [0.1, 0.15) is 11.1 Å². The van der Waals surface area contributed by atoms with Crippen LogP contribution >= 0.6 is 23.5 Å². The summed E-state index contributed by atoms with van der Waals surface area (Å²) in [6.07, 6.45) is 4.01. The second-order valence-electron chi connectivity index (χ2n) is 11.3. The monoisotopic (exact) mass is 608 g/mol. The maximum Gasteiger partial charge on any atom is 0.247 e. The molecule has 0 nitrogen and oxygen atoms in total. The third kappa shape index (κ3) is 4.66. The van der Waals surface area contributed by atoms with Crippen molar-refractivity contribution in [2.24, 2.45) is 0 Å². The summed E-state index contributed by atoms with van der Waals surface area (Å²) in [4.78, 5) is 5.28. The largest absolute Gasteiger partial charge is 0.247 e. The Morgan fingerprint density at radius 3 is 1.69 bits per heavy atom. The maximum absolute atomic E-state index is 4.38. The molecular weight excluding hydrogens is 579 g/mol. The molecule has 8 rings (SSSR count). The van der Waals surface area contributed by atoms with Gasteiger partial charge in [0.05, 0.1) is 0 Å². The topological polar surface area (TPSA) is 0 Å². The molecule has 6 aromatic rings. The predicted molar refractivity (Wildman–Crippen MR) is 197 cm³/mol. The number of benzene rings is 6. The van der Waals surface area contributed by atoms with Crippen molar-refractivity contribution < 1.29 is 0 Å². The second-order valence-corrected chi connectivity index (χ2v) is 13.4. The molecule has 0 unspecified atom stereocenters. The molecule has 0 aliphatic carbocycles. The van der Waals surface area contributed by atoms with Gasteiger partial charge < -0.3 is 0 Å². The van der Waals surface area contributed by atoms with Crippen LogP contribution in [-0.2, 0) is 0 Å². The lowest BCUT2D eigenvalue weighted by Crippen LogP contribution is -2.58. The average molecular weight is 609 g/mol. The van der Waals surface area contributed by atoms with Gasteiger partial charge in [0.15, 0.2) is 0 Å². The molecule has 0 saturated carbocycles. The van der Waals surface area contributed by atoms with Gasteiger partial charge in [-0.05, 0) is 68.2 Å². The molecule has 0 fully saturated rings. The molecule has 0 radical (unpaired) electrons. The molecule has 0 saturated heterocycles. The Hall–Kier alpha value is -4.70. The van der Waals surface area contributed by atoms with E-state index in [2.05, 4.69) is 153 Å². The van der Waals surface area contributed by atoms with Crippen LogP contribution in [0.15, 0.2) is 184 Å². The molecule has 45 heavy (non-hydrogen) atoms. The highest BCUT2D eigenvalue weighted by molar-refractivity contribution is 8.01. The highest BCUT2D eigenvalue weighted by atomic mass is 32.2. The summed E-state index contributed by atoms with van der Waals surface area (Å²) in [6.45, 7) is 8.81. The molecule has 2 aliphatic heterocycles. The zero-order valence-corrected chi connectivity index (χ0v) is 26.4. The number of hydrogen-bond donors (Lipinski definition) is 0. The Morgan fingerprint density at radius 1 is 0.511 bits per heavy atom. The summed E-state index contributed by atoms with van der Waals surface area (Å²) >= 11 is 3.81. The fourth-order valence-electron chi connectivity index (χ4n) is 6.83. The first-order valence-corrected chi connectivity index (χ1v) is 16.8. The minimum Gasteiger partial charge on any atom is -0.0984 e. The molecule has 0 N–H and O–H groups in total. The normalized spacial score (nSPS) is 13.2. The Kier molecular flexibility index (Phi) is 7.21. The zero-order chi connectivity index (χ0) is 30.3. The molecule has 6 aromatic carbocycles. The number of hydrogen-bond acceptors (Lipinski definition) is 2. The lowest BCUT2D eigenvalue weighted by molar-refractivity contribution is 1.30. The van der Waals surface area contributed by atoms with Gasteiger partial charge in [0.1, 0.15) is 0 Å². The first-order chi connectivity index (χ1) is 22.3. The van der Waals surface area contributed by atoms with Gasteiger partial charge in [0.25, 0.3) is 0 Å². The Morgan fingerprint density at radius 2 is 1.04 bits per heavy atom. The van der Waals surface area contributed by atoms with E-state index in [9.17, 15) is 0 Å². The van der Waals surface area contributed by atoms with Crippen LogP contribution in [-0.4, -0.2) is 6.71 Å². The van der Waals surface area contributed by atoms with Crippen LogP contribution < -0.4 is 16.4 Å². The van der Waals surface area contributed by atoms with Crippen molar-refractivity contribution in [3.05, 3.63) is 176 Å². The van der Waals surface area contributed by atoms with Gasteiger partial charge in [-0.25, -0.2) is 0 Å². The van der Waals surface area contributed by atoms with Crippen LogP contribution in [0.5, 0.6) is 0 Å². The minimum atomic E-state index is 0.141. The van der Waals surface area contributed by atoms with Gasteiger partial charge >= 0.3 is 0 Å². The van der Waals surface area contributed by atoms with E-state index >= 15 is 0 Å². The maximum atomic E-state index is 4.38. The second kappa shape index (κ2) is 11.7. The van der Waals surface area contributed by atoms with Crippen LogP contribution in [0.25, 0.3) is 33.4 Å². The molecule has 212 valence electrons. The van der Waals surface area contributed by atoms with Gasteiger partial charge in [0, 0.05) is 19.6 Å².